The molecule has 100 valence electrons. The molecule has 1 aliphatic rings. The van der Waals surface area contributed by atoms with Gasteiger partial charge in [-0.1, -0.05) is 18.2 Å². The number of benzene rings is 1. The predicted molar refractivity (Wildman–Crippen MR) is 71.0 cm³/mol. The number of sulfone groups is 1. The molecule has 1 aromatic carbocycles. The normalized spacial score (nSPS) is 21.4. The van der Waals surface area contributed by atoms with Crippen molar-refractivity contribution < 1.29 is 13.2 Å². The summed E-state index contributed by atoms with van der Waals surface area (Å²) >= 11 is 0. The Morgan fingerprint density at radius 3 is 2.74 bits per heavy atom. The van der Waals surface area contributed by atoms with Crippen LogP contribution in [-0.2, 0) is 9.84 Å². The summed E-state index contributed by atoms with van der Waals surface area (Å²) in [6.07, 6.45) is 4.46. The molecule has 1 atom stereocenters. The molecule has 0 N–H and O–H groups in total. The first-order valence-corrected chi connectivity index (χ1v) is 7.85. The van der Waals surface area contributed by atoms with Crippen LogP contribution in [0.2, 0.25) is 0 Å². The lowest BCUT2D eigenvalue weighted by Gasteiger charge is -2.10. The fourth-order valence-corrected chi connectivity index (χ4v) is 3.75. The molecule has 5 nitrogen and oxygen atoms in total. The molecule has 0 aliphatic carbocycles. The minimum absolute atomic E-state index is 0.213. The third-order valence-corrected chi connectivity index (χ3v) is 5.11. The smallest absolute Gasteiger partial charge is 0.199 e. The number of hydrogen-bond donors (Lipinski definition) is 0. The molecule has 2 aromatic rings. The molecule has 0 spiro atoms. The van der Waals surface area contributed by atoms with Crippen molar-refractivity contribution in [2.75, 3.05) is 5.75 Å². The quantitative estimate of drug-likeness (QED) is 0.858. The zero-order chi connectivity index (χ0) is 13.3. The van der Waals surface area contributed by atoms with E-state index in [-0.39, 0.29) is 5.75 Å². The third-order valence-electron chi connectivity index (χ3n) is 3.12. The number of ether oxygens (including phenoxy) is 1. The van der Waals surface area contributed by atoms with E-state index < -0.39 is 15.3 Å². The van der Waals surface area contributed by atoms with Crippen LogP contribution in [0, 0.1) is 0 Å². The second-order valence-electron chi connectivity index (χ2n) is 4.51. The Hall–Kier alpha value is -1.82. The van der Waals surface area contributed by atoms with E-state index in [1.165, 1.54) is 0 Å². The van der Waals surface area contributed by atoms with Gasteiger partial charge in [-0.25, -0.2) is 13.1 Å². The lowest BCUT2D eigenvalue weighted by atomic mass is 10.3. The maximum absolute atomic E-state index is 11.7. The van der Waals surface area contributed by atoms with Crippen LogP contribution in [-0.4, -0.2) is 29.4 Å². The van der Waals surface area contributed by atoms with Crippen LogP contribution in [0.15, 0.2) is 42.7 Å². The van der Waals surface area contributed by atoms with Gasteiger partial charge in [-0.3, -0.25) is 0 Å². The molecule has 1 unspecified atom stereocenters. The molecule has 1 aliphatic heterocycles. The van der Waals surface area contributed by atoms with E-state index in [0.29, 0.717) is 18.6 Å². The Labute approximate surface area is 111 Å². The van der Waals surface area contributed by atoms with Crippen molar-refractivity contribution in [1.82, 2.24) is 9.78 Å². The number of hydrogen-bond acceptors (Lipinski definition) is 4. The van der Waals surface area contributed by atoms with Crippen molar-refractivity contribution in [2.24, 2.45) is 0 Å². The number of para-hydroxylation sites is 1. The molecule has 0 amide bonds. The lowest BCUT2D eigenvalue weighted by Crippen LogP contribution is -2.22. The highest BCUT2D eigenvalue weighted by atomic mass is 32.2. The lowest BCUT2D eigenvalue weighted by molar-refractivity contribution is 0.273. The first-order valence-electron chi connectivity index (χ1n) is 6.13. The van der Waals surface area contributed by atoms with Crippen LogP contribution in [0.1, 0.15) is 12.8 Å². The van der Waals surface area contributed by atoms with Gasteiger partial charge in [0.1, 0.15) is 0 Å². The molecule has 3 rings (SSSR count). The van der Waals surface area contributed by atoms with Crippen LogP contribution < -0.4 is 4.74 Å². The van der Waals surface area contributed by atoms with Crippen molar-refractivity contribution in [2.45, 2.75) is 18.3 Å². The molecule has 0 saturated carbocycles. The maximum Gasteiger partial charge on any atom is 0.199 e. The van der Waals surface area contributed by atoms with Gasteiger partial charge in [0.25, 0.3) is 0 Å². The minimum atomic E-state index is -3.10. The van der Waals surface area contributed by atoms with Crippen molar-refractivity contribution in [3.05, 3.63) is 42.7 Å². The summed E-state index contributed by atoms with van der Waals surface area (Å²) in [4.78, 5) is 0. The highest BCUT2D eigenvalue weighted by molar-refractivity contribution is 7.92. The number of nitrogens with zero attached hydrogens (tertiary/aromatic N) is 2. The molecule has 2 heterocycles. The van der Waals surface area contributed by atoms with Crippen LogP contribution >= 0.6 is 0 Å². The van der Waals surface area contributed by atoms with Gasteiger partial charge in [0.15, 0.2) is 21.0 Å². The summed E-state index contributed by atoms with van der Waals surface area (Å²) in [7, 11) is -3.10. The van der Waals surface area contributed by atoms with E-state index in [0.717, 1.165) is 5.69 Å². The van der Waals surface area contributed by atoms with E-state index in [1.807, 2.05) is 30.3 Å². The fraction of sp³-hybridized carbons (Fsp3) is 0.308. The van der Waals surface area contributed by atoms with Gasteiger partial charge >= 0.3 is 0 Å². The molecule has 1 aromatic heterocycles. The minimum Gasteiger partial charge on any atom is -0.471 e. The van der Waals surface area contributed by atoms with Crippen molar-refractivity contribution in [3.8, 4) is 11.4 Å². The van der Waals surface area contributed by atoms with Crippen molar-refractivity contribution in [1.29, 1.82) is 0 Å². The zero-order valence-electron chi connectivity index (χ0n) is 10.3. The van der Waals surface area contributed by atoms with Gasteiger partial charge in [0.2, 0.25) is 0 Å². The van der Waals surface area contributed by atoms with E-state index in [1.54, 1.807) is 17.1 Å². The Morgan fingerprint density at radius 2 is 2.05 bits per heavy atom. The van der Waals surface area contributed by atoms with Crippen LogP contribution in [0.3, 0.4) is 0 Å². The first-order chi connectivity index (χ1) is 9.15. The molecule has 0 radical (unpaired) electrons. The highest BCUT2D eigenvalue weighted by Crippen LogP contribution is 2.24. The Morgan fingerprint density at radius 1 is 1.26 bits per heavy atom. The molecule has 19 heavy (non-hydrogen) atoms. The average Bonchev–Trinajstić information content (AvgIpc) is 2.99. The van der Waals surface area contributed by atoms with Crippen molar-refractivity contribution in [3.63, 3.8) is 0 Å². The predicted octanol–water partition coefficient (Wildman–Crippen LogP) is 1.79. The molecule has 0 bridgehead atoms. The summed E-state index contributed by atoms with van der Waals surface area (Å²) in [5, 5.41) is 4.17. The van der Waals surface area contributed by atoms with Crippen LogP contribution in [0.25, 0.3) is 5.69 Å². The second-order valence-corrected chi connectivity index (χ2v) is 6.77. The van der Waals surface area contributed by atoms with Gasteiger partial charge in [0.05, 0.1) is 23.8 Å². The second kappa shape index (κ2) is 4.70. The van der Waals surface area contributed by atoms with Gasteiger partial charge in [-0.2, -0.15) is 5.10 Å². The molecule has 6 heteroatoms. The van der Waals surface area contributed by atoms with E-state index >= 15 is 0 Å². The van der Waals surface area contributed by atoms with Crippen LogP contribution in [0.5, 0.6) is 5.75 Å². The third kappa shape index (κ3) is 2.49. The summed E-state index contributed by atoms with van der Waals surface area (Å²) < 4.78 is 30.6. The SMILES string of the molecule is O=S1(=O)CCCC1Oc1cnn(-c2ccccc2)c1. The molecule has 1 fully saturated rings. The summed E-state index contributed by atoms with van der Waals surface area (Å²) in [6, 6.07) is 9.60. The zero-order valence-corrected chi connectivity index (χ0v) is 11.1. The van der Waals surface area contributed by atoms with Gasteiger partial charge in [-0.05, 0) is 25.0 Å². The van der Waals surface area contributed by atoms with Gasteiger partial charge < -0.3 is 4.74 Å². The van der Waals surface area contributed by atoms with E-state index in [2.05, 4.69) is 5.10 Å². The molecule has 1 saturated heterocycles. The van der Waals surface area contributed by atoms with E-state index in [4.69, 9.17) is 4.74 Å². The standard InChI is InChI=1S/C13H14N2O3S/c16-19(17)8-4-7-13(19)18-12-9-14-15(10-12)11-5-2-1-3-6-11/h1-3,5-6,9-10,13H,4,7-8H2. The average molecular weight is 278 g/mol. The maximum atomic E-state index is 11.7. The van der Waals surface area contributed by atoms with Gasteiger partial charge in [-0.15, -0.1) is 0 Å². The molecular weight excluding hydrogens is 264 g/mol. The van der Waals surface area contributed by atoms with E-state index in [9.17, 15) is 8.42 Å². The Kier molecular flexibility index (Phi) is 3.02. The summed E-state index contributed by atoms with van der Waals surface area (Å²) in [6.45, 7) is 0. The Bertz CT molecular complexity index is 664. The first kappa shape index (κ1) is 12.2. The Balaban J connectivity index is 1.79. The fourth-order valence-electron chi connectivity index (χ4n) is 2.14. The highest BCUT2D eigenvalue weighted by Gasteiger charge is 2.33. The topological polar surface area (TPSA) is 61.2 Å². The van der Waals surface area contributed by atoms with Crippen LogP contribution in [0.4, 0.5) is 0 Å². The van der Waals surface area contributed by atoms with Crippen molar-refractivity contribution >= 4 is 9.84 Å². The summed E-state index contributed by atoms with van der Waals surface area (Å²) in [5.74, 6) is 0.698. The monoisotopic (exact) mass is 278 g/mol. The van der Waals surface area contributed by atoms with Gasteiger partial charge in [0, 0.05) is 0 Å². The number of rotatable bonds is 3. The summed E-state index contributed by atoms with van der Waals surface area (Å²) in [5.41, 5.74) is 0.188. The molecular formula is C13H14N2O3S. The number of aromatic nitrogens is 2. The largest absolute Gasteiger partial charge is 0.471 e.